The molecule has 1 N–H and O–H groups in total. The van der Waals surface area contributed by atoms with Crippen molar-refractivity contribution >= 4 is 22.6 Å². The minimum atomic E-state index is -4.50. The van der Waals surface area contributed by atoms with Crippen LogP contribution in [-0.4, -0.2) is 37.6 Å². The highest BCUT2D eigenvalue weighted by molar-refractivity contribution is 6.05. The number of amides is 1. The van der Waals surface area contributed by atoms with Gasteiger partial charge in [-0.3, -0.25) is 4.79 Å². The van der Waals surface area contributed by atoms with Crippen LogP contribution < -0.4 is 10.1 Å². The quantitative estimate of drug-likeness (QED) is 0.491. The van der Waals surface area contributed by atoms with Crippen LogP contribution in [0.5, 0.6) is 5.75 Å². The summed E-state index contributed by atoms with van der Waals surface area (Å²) >= 11 is 0. The number of hydrogen-bond acceptors (Lipinski definition) is 5. The number of nitrogens with zero attached hydrogens (tertiary/aromatic N) is 5. The Morgan fingerprint density at radius 2 is 1.97 bits per heavy atom. The molecule has 4 aromatic rings. The number of carbonyl (C=O) groups excluding carboxylic acids is 1. The minimum Gasteiger partial charge on any atom is -0.493 e. The van der Waals surface area contributed by atoms with Crippen LogP contribution in [0.4, 0.5) is 18.9 Å². The van der Waals surface area contributed by atoms with Crippen LogP contribution in [0.2, 0.25) is 0 Å². The summed E-state index contributed by atoms with van der Waals surface area (Å²) in [6.07, 6.45) is -0.000998. The number of halogens is 3. The standard InChI is InChI=1S/C21H19F3N6O2/c1-12(2)30-19-13(9-26-30)7-15(10-25-19)27-20(31)18-17(32-3)11-29(28-18)16-6-4-5-14(8-16)21(22,23)24/h4-12H,1-3H3,(H,27,31). The molecule has 3 aromatic heterocycles. The average molecular weight is 444 g/mol. The number of rotatable bonds is 5. The largest absolute Gasteiger partial charge is 0.493 e. The summed E-state index contributed by atoms with van der Waals surface area (Å²) in [5.74, 6) is -0.480. The van der Waals surface area contributed by atoms with Gasteiger partial charge in [-0.05, 0) is 38.1 Å². The Kier molecular flexibility index (Phi) is 5.33. The van der Waals surface area contributed by atoms with E-state index in [2.05, 4.69) is 20.5 Å². The van der Waals surface area contributed by atoms with Gasteiger partial charge in [-0.25, -0.2) is 14.3 Å². The maximum atomic E-state index is 13.0. The lowest BCUT2D eigenvalue weighted by atomic mass is 10.2. The first-order chi connectivity index (χ1) is 15.2. The van der Waals surface area contributed by atoms with Crippen LogP contribution in [0.3, 0.4) is 0 Å². The second kappa shape index (κ2) is 7.98. The van der Waals surface area contributed by atoms with Crippen LogP contribution in [0.25, 0.3) is 16.7 Å². The first-order valence-electron chi connectivity index (χ1n) is 9.63. The summed E-state index contributed by atoms with van der Waals surface area (Å²) in [7, 11) is 1.35. The zero-order chi connectivity index (χ0) is 23.0. The second-order valence-electron chi connectivity index (χ2n) is 7.31. The third-order valence-electron chi connectivity index (χ3n) is 4.73. The van der Waals surface area contributed by atoms with Gasteiger partial charge in [0.1, 0.15) is 0 Å². The molecule has 3 heterocycles. The molecule has 0 unspecified atom stereocenters. The summed E-state index contributed by atoms with van der Waals surface area (Å²) in [6, 6.07) is 6.48. The highest BCUT2D eigenvalue weighted by atomic mass is 19.4. The first-order valence-corrected chi connectivity index (χ1v) is 9.63. The first kappa shape index (κ1) is 21.3. The number of hydrogen-bond donors (Lipinski definition) is 1. The third-order valence-corrected chi connectivity index (χ3v) is 4.73. The monoisotopic (exact) mass is 444 g/mol. The van der Waals surface area contributed by atoms with Crippen molar-refractivity contribution in [2.75, 3.05) is 12.4 Å². The molecule has 166 valence electrons. The Balaban J connectivity index is 1.62. The van der Waals surface area contributed by atoms with E-state index in [0.717, 1.165) is 22.2 Å². The summed E-state index contributed by atoms with van der Waals surface area (Å²) in [5, 5.41) is 11.9. The number of ether oxygens (including phenoxy) is 1. The second-order valence-corrected chi connectivity index (χ2v) is 7.31. The molecule has 11 heteroatoms. The lowest BCUT2D eigenvalue weighted by molar-refractivity contribution is -0.137. The molecule has 0 radical (unpaired) electrons. The van der Waals surface area contributed by atoms with Crippen molar-refractivity contribution in [3.63, 3.8) is 0 Å². The van der Waals surface area contributed by atoms with Crippen molar-refractivity contribution in [2.45, 2.75) is 26.1 Å². The van der Waals surface area contributed by atoms with Crippen molar-refractivity contribution in [1.29, 1.82) is 0 Å². The van der Waals surface area contributed by atoms with Crippen molar-refractivity contribution < 1.29 is 22.7 Å². The third kappa shape index (κ3) is 4.01. The van der Waals surface area contributed by atoms with Crippen molar-refractivity contribution in [2.24, 2.45) is 0 Å². The van der Waals surface area contributed by atoms with Crippen LogP contribution in [0, 0.1) is 0 Å². The number of pyridine rings is 1. The number of aromatic nitrogens is 5. The molecule has 0 fully saturated rings. The fourth-order valence-electron chi connectivity index (χ4n) is 3.20. The highest BCUT2D eigenvalue weighted by Gasteiger charge is 2.30. The maximum absolute atomic E-state index is 13.0. The molecule has 0 bridgehead atoms. The summed E-state index contributed by atoms with van der Waals surface area (Å²) in [4.78, 5) is 17.2. The molecule has 0 aliphatic carbocycles. The molecule has 0 saturated carbocycles. The van der Waals surface area contributed by atoms with Gasteiger partial charge in [0.25, 0.3) is 5.91 Å². The lowest BCUT2D eigenvalue weighted by Gasteiger charge is -2.08. The van der Waals surface area contributed by atoms with E-state index < -0.39 is 17.6 Å². The maximum Gasteiger partial charge on any atom is 0.416 e. The summed E-state index contributed by atoms with van der Waals surface area (Å²) in [6.45, 7) is 3.97. The van der Waals surface area contributed by atoms with Gasteiger partial charge in [-0.2, -0.15) is 23.4 Å². The molecule has 32 heavy (non-hydrogen) atoms. The fourth-order valence-corrected chi connectivity index (χ4v) is 3.20. The predicted octanol–water partition coefficient (Wildman–Crippen LogP) is 4.48. The minimum absolute atomic E-state index is 0.0807. The van der Waals surface area contributed by atoms with E-state index in [1.54, 1.807) is 16.9 Å². The molecule has 4 rings (SSSR count). The number of nitrogens with one attached hydrogen (secondary N) is 1. The molecule has 0 saturated heterocycles. The molecular formula is C21H19F3N6O2. The zero-order valence-corrected chi connectivity index (χ0v) is 17.4. The van der Waals surface area contributed by atoms with Gasteiger partial charge in [0.15, 0.2) is 17.1 Å². The molecule has 1 aromatic carbocycles. The number of carbonyl (C=O) groups is 1. The molecule has 0 aliphatic rings. The number of benzene rings is 1. The van der Waals surface area contributed by atoms with Crippen LogP contribution in [-0.2, 0) is 6.18 Å². The lowest BCUT2D eigenvalue weighted by Crippen LogP contribution is -2.14. The van der Waals surface area contributed by atoms with Gasteiger partial charge in [0.2, 0.25) is 0 Å². The van der Waals surface area contributed by atoms with Crippen molar-refractivity contribution in [1.82, 2.24) is 24.5 Å². The molecule has 1 amide bonds. The zero-order valence-electron chi connectivity index (χ0n) is 17.4. The Morgan fingerprint density at radius 3 is 2.66 bits per heavy atom. The van der Waals surface area contributed by atoms with E-state index in [1.807, 2.05) is 13.8 Å². The number of fused-ring (bicyclic) bond motifs is 1. The Hall–Kier alpha value is -3.89. The fraction of sp³-hybridized carbons (Fsp3) is 0.238. The Labute approximate surface area is 180 Å². The van der Waals surface area contributed by atoms with E-state index in [4.69, 9.17) is 4.74 Å². The Morgan fingerprint density at radius 1 is 1.19 bits per heavy atom. The average Bonchev–Trinajstić information content (AvgIpc) is 3.37. The molecular weight excluding hydrogens is 425 g/mol. The van der Waals surface area contributed by atoms with E-state index in [-0.39, 0.29) is 23.2 Å². The molecule has 0 atom stereocenters. The topological polar surface area (TPSA) is 86.9 Å². The van der Waals surface area contributed by atoms with Gasteiger partial charge < -0.3 is 10.1 Å². The summed E-state index contributed by atoms with van der Waals surface area (Å²) in [5.41, 5.74) is 0.340. The Bertz CT molecular complexity index is 1290. The highest BCUT2D eigenvalue weighted by Crippen LogP contribution is 2.31. The smallest absolute Gasteiger partial charge is 0.416 e. The van der Waals surface area contributed by atoms with E-state index in [9.17, 15) is 18.0 Å². The SMILES string of the molecule is COc1cn(-c2cccc(C(F)(F)F)c2)nc1C(=O)Nc1cnc2c(cnn2C(C)C)c1. The normalized spacial score (nSPS) is 11.8. The van der Waals surface area contributed by atoms with Gasteiger partial charge >= 0.3 is 6.18 Å². The van der Waals surface area contributed by atoms with Crippen LogP contribution in [0.1, 0.15) is 35.9 Å². The number of alkyl halides is 3. The van der Waals surface area contributed by atoms with E-state index in [1.165, 1.54) is 31.6 Å². The van der Waals surface area contributed by atoms with Crippen molar-refractivity contribution in [3.8, 4) is 11.4 Å². The number of anilines is 1. The van der Waals surface area contributed by atoms with E-state index in [0.29, 0.717) is 11.3 Å². The van der Waals surface area contributed by atoms with Crippen LogP contribution >= 0.6 is 0 Å². The molecule has 8 nitrogen and oxygen atoms in total. The molecule has 0 spiro atoms. The van der Waals surface area contributed by atoms with Gasteiger partial charge in [0, 0.05) is 11.4 Å². The van der Waals surface area contributed by atoms with Gasteiger partial charge in [-0.15, -0.1) is 0 Å². The van der Waals surface area contributed by atoms with Crippen molar-refractivity contribution in [3.05, 3.63) is 60.2 Å². The van der Waals surface area contributed by atoms with Crippen LogP contribution in [0.15, 0.2) is 48.9 Å². The molecule has 0 aliphatic heterocycles. The number of methoxy groups -OCH3 is 1. The van der Waals surface area contributed by atoms with Gasteiger partial charge in [-0.1, -0.05) is 6.07 Å². The summed E-state index contributed by atoms with van der Waals surface area (Å²) < 4.78 is 47.2. The van der Waals surface area contributed by atoms with E-state index >= 15 is 0 Å². The van der Waals surface area contributed by atoms with Gasteiger partial charge in [0.05, 0.1) is 42.6 Å². The predicted molar refractivity (Wildman–Crippen MR) is 111 cm³/mol.